The van der Waals surface area contributed by atoms with E-state index in [0.717, 1.165) is 24.3 Å². The SMILES string of the molecule is CC1CN(Cc2cccc(CNc3cccc4c3CN([C@H]3CCC(=O)NC3=O)C4=O)c2F)CC(C)O1. The Morgan fingerprint density at radius 3 is 2.53 bits per heavy atom. The van der Waals surface area contributed by atoms with E-state index in [4.69, 9.17) is 4.74 Å². The third-order valence-corrected chi connectivity index (χ3v) is 7.10. The molecule has 0 spiro atoms. The summed E-state index contributed by atoms with van der Waals surface area (Å²) in [6.45, 7) is 6.64. The van der Waals surface area contributed by atoms with Crippen LogP contribution < -0.4 is 10.6 Å². The highest BCUT2D eigenvalue weighted by atomic mass is 19.1. The number of imide groups is 1. The number of hydrogen-bond acceptors (Lipinski definition) is 6. The summed E-state index contributed by atoms with van der Waals surface area (Å²) < 4.78 is 21.2. The number of nitrogens with one attached hydrogen (secondary N) is 2. The number of hydrogen-bond donors (Lipinski definition) is 2. The second kappa shape index (κ2) is 9.99. The average Bonchev–Trinajstić information content (AvgIpc) is 3.16. The molecule has 3 heterocycles. The Bertz CT molecular complexity index is 1190. The van der Waals surface area contributed by atoms with Gasteiger partial charge in [0.15, 0.2) is 0 Å². The first kappa shape index (κ1) is 24.4. The van der Waals surface area contributed by atoms with E-state index in [1.54, 1.807) is 18.2 Å². The molecule has 3 aliphatic rings. The number of nitrogens with zero attached hydrogens (tertiary/aromatic N) is 2. The van der Waals surface area contributed by atoms with Crippen LogP contribution in [0.4, 0.5) is 10.1 Å². The summed E-state index contributed by atoms with van der Waals surface area (Å²) in [6, 6.07) is 10.2. The van der Waals surface area contributed by atoms with Gasteiger partial charge in [0.2, 0.25) is 11.8 Å². The Morgan fingerprint density at radius 1 is 1.06 bits per heavy atom. The van der Waals surface area contributed by atoms with Gasteiger partial charge >= 0.3 is 0 Å². The highest BCUT2D eigenvalue weighted by Gasteiger charge is 2.39. The first-order chi connectivity index (χ1) is 17.3. The van der Waals surface area contributed by atoms with Crippen molar-refractivity contribution >= 4 is 23.4 Å². The van der Waals surface area contributed by atoms with Crippen LogP contribution in [0.15, 0.2) is 36.4 Å². The van der Waals surface area contributed by atoms with Gasteiger partial charge in [-0.1, -0.05) is 24.3 Å². The highest BCUT2D eigenvalue weighted by molar-refractivity contribution is 6.06. The quantitative estimate of drug-likeness (QED) is 0.601. The van der Waals surface area contributed by atoms with Crippen LogP contribution in [0.5, 0.6) is 0 Å². The Hall–Kier alpha value is -3.30. The zero-order valence-corrected chi connectivity index (χ0v) is 20.6. The summed E-state index contributed by atoms with van der Waals surface area (Å²) in [6.07, 6.45) is 0.749. The van der Waals surface area contributed by atoms with E-state index in [0.29, 0.717) is 29.7 Å². The molecule has 2 unspecified atom stereocenters. The van der Waals surface area contributed by atoms with Gasteiger partial charge in [-0.15, -0.1) is 0 Å². The van der Waals surface area contributed by atoms with E-state index in [9.17, 15) is 14.4 Å². The van der Waals surface area contributed by atoms with E-state index in [-0.39, 0.29) is 49.3 Å². The average molecular weight is 495 g/mol. The molecular formula is C27H31FN4O4. The molecule has 5 rings (SSSR count). The number of carbonyl (C=O) groups excluding carboxylic acids is 3. The van der Waals surface area contributed by atoms with E-state index >= 15 is 4.39 Å². The number of carbonyl (C=O) groups is 3. The van der Waals surface area contributed by atoms with Gasteiger partial charge in [-0.3, -0.25) is 24.6 Å². The summed E-state index contributed by atoms with van der Waals surface area (Å²) in [4.78, 5) is 40.6. The molecule has 2 N–H and O–H groups in total. The Kier molecular flexibility index (Phi) is 6.77. The Balaban J connectivity index is 1.29. The molecule has 2 aromatic carbocycles. The lowest BCUT2D eigenvalue weighted by atomic mass is 10.0. The van der Waals surface area contributed by atoms with E-state index in [2.05, 4.69) is 15.5 Å². The lowest BCUT2D eigenvalue weighted by Gasteiger charge is -2.35. The number of piperidine rings is 1. The molecule has 0 aliphatic carbocycles. The third-order valence-electron chi connectivity index (χ3n) is 7.10. The molecule has 3 amide bonds. The number of halogens is 1. The largest absolute Gasteiger partial charge is 0.381 e. The van der Waals surface area contributed by atoms with Crippen molar-refractivity contribution in [2.24, 2.45) is 0 Å². The molecule has 0 bridgehead atoms. The summed E-state index contributed by atoms with van der Waals surface area (Å²) >= 11 is 0. The molecule has 36 heavy (non-hydrogen) atoms. The van der Waals surface area contributed by atoms with Crippen molar-refractivity contribution in [2.45, 2.75) is 64.6 Å². The van der Waals surface area contributed by atoms with E-state index in [1.165, 1.54) is 4.90 Å². The minimum atomic E-state index is -0.671. The summed E-state index contributed by atoms with van der Waals surface area (Å²) in [5.74, 6) is -1.22. The summed E-state index contributed by atoms with van der Waals surface area (Å²) in [5.41, 5.74) is 3.23. The van der Waals surface area contributed by atoms with Gasteiger partial charge in [0.05, 0.1) is 12.2 Å². The van der Waals surface area contributed by atoms with Crippen molar-refractivity contribution < 1.29 is 23.5 Å². The third kappa shape index (κ3) is 4.85. The summed E-state index contributed by atoms with van der Waals surface area (Å²) in [7, 11) is 0. The zero-order chi connectivity index (χ0) is 25.4. The molecule has 190 valence electrons. The van der Waals surface area contributed by atoms with Crippen molar-refractivity contribution in [1.29, 1.82) is 0 Å². The molecule has 3 atom stereocenters. The molecule has 2 saturated heterocycles. The first-order valence-electron chi connectivity index (χ1n) is 12.4. The second-order valence-corrected chi connectivity index (χ2v) is 9.93. The van der Waals surface area contributed by atoms with Gasteiger partial charge in [0.1, 0.15) is 11.9 Å². The number of ether oxygens (including phenoxy) is 1. The Morgan fingerprint density at radius 2 is 1.78 bits per heavy atom. The fraction of sp³-hybridized carbons (Fsp3) is 0.444. The van der Waals surface area contributed by atoms with Crippen LogP contribution in [0, 0.1) is 5.82 Å². The van der Waals surface area contributed by atoms with Crippen molar-refractivity contribution in [1.82, 2.24) is 15.1 Å². The molecule has 0 saturated carbocycles. The maximum atomic E-state index is 15.4. The predicted octanol–water partition coefficient (Wildman–Crippen LogP) is 2.81. The fourth-order valence-electron chi connectivity index (χ4n) is 5.49. The van der Waals surface area contributed by atoms with Crippen LogP contribution in [0.2, 0.25) is 0 Å². The molecule has 8 nitrogen and oxygen atoms in total. The molecule has 0 aromatic heterocycles. The number of benzene rings is 2. The van der Waals surface area contributed by atoms with Crippen molar-refractivity contribution in [3.05, 3.63) is 64.5 Å². The Labute approximate surface area is 209 Å². The van der Waals surface area contributed by atoms with Crippen LogP contribution in [0.25, 0.3) is 0 Å². The van der Waals surface area contributed by atoms with Gasteiger partial charge in [0.25, 0.3) is 5.91 Å². The topological polar surface area (TPSA) is 91.0 Å². The smallest absolute Gasteiger partial charge is 0.255 e. The van der Waals surface area contributed by atoms with Gasteiger partial charge in [-0.25, -0.2) is 4.39 Å². The van der Waals surface area contributed by atoms with Gasteiger partial charge < -0.3 is 15.0 Å². The van der Waals surface area contributed by atoms with Gasteiger partial charge in [-0.2, -0.15) is 0 Å². The van der Waals surface area contributed by atoms with E-state index < -0.39 is 11.9 Å². The lowest BCUT2D eigenvalue weighted by molar-refractivity contribution is -0.136. The van der Waals surface area contributed by atoms with Crippen LogP contribution in [0.1, 0.15) is 53.7 Å². The lowest BCUT2D eigenvalue weighted by Crippen LogP contribution is -2.52. The molecule has 2 aromatic rings. The van der Waals surface area contributed by atoms with Gasteiger partial charge in [0, 0.05) is 67.1 Å². The minimum absolute atomic E-state index is 0.115. The van der Waals surface area contributed by atoms with Gasteiger partial charge in [-0.05, 0) is 32.4 Å². The number of morpholine rings is 1. The minimum Gasteiger partial charge on any atom is -0.381 e. The van der Waals surface area contributed by atoms with Crippen molar-refractivity contribution in [3.8, 4) is 0 Å². The van der Waals surface area contributed by atoms with Crippen LogP contribution >= 0.6 is 0 Å². The number of amides is 3. The van der Waals surface area contributed by atoms with Crippen LogP contribution in [-0.2, 0) is 34.0 Å². The van der Waals surface area contributed by atoms with Crippen LogP contribution in [0.3, 0.4) is 0 Å². The number of fused-ring (bicyclic) bond motifs is 1. The zero-order valence-electron chi connectivity index (χ0n) is 20.6. The van der Waals surface area contributed by atoms with Crippen molar-refractivity contribution in [3.63, 3.8) is 0 Å². The monoisotopic (exact) mass is 494 g/mol. The number of rotatable bonds is 6. The summed E-state index contributed by atoms with van der Waals surface area (Å²) in [5, 5.41) is 5.62. The first-order valence-corrected chi connectivity index (χ1v) is 12.4. The highest BCUT2D eigenvalue weighted by Crippen LogP contribution is 2.32. The maximum absolute atomic E-state index is 15.4. The molecule has 2 fully saturated rings. The fourth-order valence-corrected chi connectivity index (χ4v) is 5.49. The molecular weight excluding hydrogens is 463 g/mol. The normalized spacial score (nSPS) is 24.6. The standard InChI is InChI=1S/C27H31FN4O4/c1-16-12-31(13-17(2)36-16)14-19-6-3-5-18(25(19)28)11-29-22-8-4-7-20-21(22)15-32(27(20)35)23-9-10-24(33)30-26(23)34/h3-8,16-17,23,29H,9-15H2,1-2H3,(H,30,33,34)/t16?,17?,23-/m0/s1. The maximum Gasteiger partial charge on any atom is 0.255 e. The number of anilines is 1. The molecule has 0 radical (unpaired) electrons. The molecule has 9 heteroatoms. The van der Waals surface area contributed by atoms with E-state index in [1.807, 2.05) is 32.0 Å². The molecule has 3 aliphatic heterocycles. The second-order valence-electron chi connectivity index (χ2n) is 9.93. The predicted molar refractivity (Wildman–Crippen MR) is 131 cm³/mol. The van der Waals surface area contributed by atoms with Crippen molar-refractivity contribution in [2.75, 3.05) is 18.4 Å². The van der Waals surface area contributed by atoms with Crippen LogP contribution in [-0.4, -0.2) is 58.9 Å².